The Morgan fingerprint density at radius 1 is 1.19 bits per heavy atom. The highest BCUT2D eigenvalue weighted by atomic mass is 79.9. The van der Waals surface area contributed by atoms with E-state index in [4.69, 9.17) is 26.4 Å². The summed E-state index contributed by atoms with van der Waals surface area (Å²) in [7, 11) is 0. The van der Waals surface area contributed by atoms with E-state index >= 15 is 0 Å². The van der Waals surface area contributed by atoms with Crippen LogP contribution in [-0.4, -0.2) is 27.0 Å². The van der Waals surface area contributed by atoms with Crippen LogP contribution < -0.4 is 10.3 Å². The number of benzene rings is 3. The monoisotopic (exact) mass is 567 g/mol. The quantitative estimate of drug-likeness (QED) is 0.245. The fourth-order valence-electron chi connectivity index (χ4n) is 3.56. The van der Waals surface area contributed by atoms with Crippen LogP contribution in [0.1, 0.15) is 53.5 Å². The van der Waals surface area contributed by atoms with E-state index in [0.717, 1.165) is 16.5 Å². The van der Waals surface area contributed by atoms with Gasteiger partial charge in [-0.3, -0.25) is 4.79 Å². The predicted molar refractivity (Wildman–Crippen MR) is 145 cm³/mol. The molecule has 0 aliphatic carbocycles. The molecule has 1 atom stereocenters. The molecule has 184 valence electrons. The van der Waals surface area contributed by atoms with Crippen LogP contribution in [0.2, 0.25) is 5.02 Å². The van der Waals surface area contributed by atoms with Crippen molar-refractivity contribution in [1.82, 2.24) is 9.66 Å². The maximum absolute atomic E-state index is 13.4. The van der Waals surface area contributed by atoms with Gasteiger partial charge in [0.15, 0.2) is 0 Å². The van der Waals surface area contributed by atoms with Gasteiger partial charge in [-0.15, -0.1) is 0 Å². The molecule has 0 saturated carbocycles. The van der Waals surface area contributed by atoms with E-state index in [-0.39, 0.29) is 23.6 Å². The molecule has 0 saturated heterocycles. The van der Waals surface area contributed by atoms with Gasteiger partial charge in [-0.2, -0.15) is 9.78 Å². The van der Waals surface area contributed by atoms with Gasteiger partial charge >= 0.3 is 5.97 Å². The molecule has 36 heavy (non-hydrogen) atoms. The van der Waals surface area contributed by atoms with Crippen LogP contribution in [-0.2, 0) is 6.61 Å². The summed E-state index contributed by atoms with van der Waals surface area (Å²) in [6.07, 6.45) is 2.32. The van der Waals surface area contributed by atoms with Crippen molar-refractivity contribution >= 4 is 50.6 Å². The zero-order valence-corrected chi connectivity index (χ0v) is 22.0. The first-order valence-corrected chi connectivity index (χ1v) is 12.4. The summed E-state index contributed by atoms with van der Waals surface area (Å²) in [6, 6.07) is 17.0. The average molecular weight is 569 g/mol. The number of aromatic carboxylic acids is 1. The van der Waals surface area contributed by atoms with Crippen LogP contribution in [0.3, 0.4) is 0 Å². The second-order valence-corrected chi connectivity index (χ2v) is 9.63. The maximum atomic E-state index is 13.4. The normalized spacial score (nSPS) is 12.2. The molecular weight excluding hydrogens is 546 g/mol. The molecule has 0 amide bonds. The molecule has 1 heterocycles. The van der Waals surface area contributed by atoms with E-state index in [1.165, 1.54) is 23.0 Å². The first kappa shape index (κ1) is 25.6. The van der Waals surface area contributed by atoms with Crippen LogP contribution in [0.4, 0.5) is 0 Å². The molecule has 4 aromatic rings. The lowest BCUT2D eigenvalue weighted by Crippen LogP contribution is -2.23. The molecule has 0 unspecified atom stereocenters. The Kier molecular flexibility index (Phi) is 7.86. The molecule has 1 aromatic heterocycles. The minimum Gasteiger partial charge on any atom is -0.488 e. The molecule has 1 N–H and O–H groups in total. The first-order chi connectivity index (χ1) is 17.3. The second kappa shape index (κ2) is 11.1. The van der Waals surface area contributed by atoms with E-state index in [2.05, 4.69) is 21.0 Å². The van der Waals surface area contributed by atoms with Crippen LogP contribution in [0, 0.1) is 0 Å². The van der Waals surface area contributed by atoms with Crippen LogP contribution in [0.15, 0.2) is 75.0 Å². The second-order valence-electron chi connectivity index (χ2n) is 8.28. The van der Waals surface area contributed by atoms with E-state index in [9.17, 15) is 9.59 Å². The number of carboxylic acid groups (broad SMARTS) is 1. The number of carbonyl (C=O) groups is 1. The molecule has 0 spiro atoms. The Morgan fingerprint density at radius 3 is 2.64 bits per heavy atom. The first-order valence-electron chi connectivity index (χ1n) is 11.3. The zero-order valence-electron chi connectivity index (χ0n) is 19.6. The number of halogens is 2. The van der Waals surface area contributed by atoms with Crippen molar-refractivity contribution < 1.29 is 14.6 Å². The number of aromatic nitrogens is 2. The highest BCUT2D eigenvalue weighted by molar-refractivity contribution is 9.10. The van der Waals surface area contributed by atoms with Gasteiger partial charge in [0.25, 0.3) is 5.56 Å². The highest BCUT2D eigenvalue weighted by Gasteiger charge is 2.16. The molecule has 0 aliphatic rings. The van der Waals surface area contributed by atoms with Gasteiger partial charge in [0.2, 0.25) is 0 Å². The van der Waals surface area contributed by atoms with Gasteiger partial charge in [0, 0.05) is 21.0 Å². The number of carboxylic acids is 1. The third-order valence-corrected chi connectivity index (χ3v) is 6.49. The molecular formula is C27H23BrClN3O4. The number of rotatable bonds is 8. The van der Waals surface area contributed by atoms with Crippen molar-refractivity contribution in [3.63, 3.8) is 0 Å². The molecule has 4 rings (SSSR count). The average Bonchev–Trinajstić information content (AvgIpc) is 2.87. The number of hydrogen-bond acceptors (Lipinski definition) is 5. The van der Waals surface area contributed by atoms with Crippen molar-refractivity contribution in [2.75, 3.05) is 0 Å². The van der Waals surface area contributed by atoms with Gasteiger partial charge < -0.3 is 9.84 Å². The van der Waals surface area contributed by atoms with Crippen LogP contribution in [0.25, 0.3) is 10.9 Å². The van der Waals surface area contributed by atoms with Crippen molar-refractivity contribution in [3.8, 4) is 5.75 Å². The van der Waals surface area contributed by atoms with Crippen molar-refractivity contribution in [1.29, 1.82) is 0 Å². The van der Waals surface area contributed by atoms with Gasteiger partial charge in [-0.25, -0.2) is 9.78 Å². The predicted octanol–water partition coefficient (Wildman–Crippen LogP) is 6.49. The summed E-state index contributed by atoms with van der Waals surface area (Å²) in [5.41, 5.74) is 1.94. The smallest absolute Gasteiger partial charge is 0.335 e. The SMILES string of the molecule is CC[C@H](C)c1nc2ccc(Br)cc2c(=O)n1N=Cc1cc(Cl)ccc1OCc1ccc(C(=O)O)cc1. The zero-order chi connectivity index (χ0) is 25.8. The van der Waals surface area contributed by atoms with E-state index in [1.807, 2.05) is 26.0 Å². The number of fused-ring (bicyclic) bond motifs is 1. The minimum absolute atomic E-state index is 0.00625. The van der Waals surface area contributed by atoms with E-state index < -0.39 is 5.97 Å². The van der Waals surface area contributed by atoms with Gasteiger partial charge in [-0.1, -0.05) is 53.5 Å². The summed E-state index contributed by atoms with van der Waals surface area (Å²) in [4.78, 5) is 29.2. The molecule has 0 aliphatic heterocycles. The Hall–Kier alpha value is -3.49. The Balaban J connectivity index is 1.69. The molecule has 0 fully saturated rings. The Labute approximate surface area is 221 Å². The summed E-state index contributed by atoms with van der Waals surface area (Å²) < 4.78 is 8.09. The summed E-state index contributed by atoms with van der Waals surface area (Å²) in [5.74, 6) is 0.102. The van der Waals surface area contributed by atoms with Crippen molar-refractivity contribution in [3.05, 3.63) is 103 Å². The lowest BCUT2D eigenvalue weighted by Gasteiger charge is -2.14. The van der Waals surface area contributed by atoms with Gasteiger partial charge in [0.1, 0.15) is 18.2 Å². The molecule has 3 aromatic carbocycles. The topological polar surface area (TPSA) is 93.8 Å². The molecule has 9 heteroatoms. The standard InChI is InChI=1S/C27H23BrClN3O4/c1-3-16(2)25-31-23-10-8-20(28)13-22(23)26(33)32(25)30-14-19-12-21(29)9-11-24(19)36-15-17-4-6-18(7-5-17)27(34)35/h4-14,16H,3,15H2,1-2H3,(H,34,35)/t16-/m0/s1. The maximum Gasteiger partial charge on any atom is 0.335 e. The van der Waals surface area contributed by atoms with E-state index in [0.29, 0.717) is 33.1 Å². The fourth-order valence-corrected chi connectivity index (χ4v) is 4.10. The highest BCUT2D eigenvalue weighted by Crippen LogP contribution is 2.24. The van der Waals surface area contributed by atoms with Crippen molar-refractivity contribution in [2.45, 2.75) is 32.8 Å². The summed E-state index contributed by atoms with van der Waals surface area (Å²) >= 11 is 9.65. The lowest BCUT2D eigenvalue weighted by atomic mass is 10.1. The van der Waals surface area contributed by atoms with Crippen LogP contribution in [0.5, 0.6) is 5.75 Å². The molecule has 0 bridgehead atoms. The number of ether oxygens (including phenoxy) is 1. The number of hydrogen-bond donors (Lipinski definition) is 1. The fraction of sp³-hybridized carbons (Fsp3) is 0.185. The van der Waals surface area contributed by atoms with Gasteiger partial charge in [0.05, 0.1) is 22.7 Å². The minimum atomic E-state index is -0.985. The third-order valence-electron chi connectivity index (χ3n) is 5.77. The van der Waals surface area contributed by atoms with Crippen molar-refractivity contribution in [2.24, 2.45) is 5.10 Å². The Bertz CT molecular complexity index is 1520. The van der Waals surface area contributed by atoms with Gasteiger partial charge in [-0.05, 0) is 60.5 Å². The number of nitrogens with zero attached hydrogens (tertiary/aromatic N) is 3. The van der Waals surface area contributed by atoms with Crippen LogP contribution >= 0.6 is 27.5 Å². The summed E-state index contributed by atoms with van der Waals surface area (Å²) in [5, 5.41) is 14.5. The van der Waals surface area contributed by atoms with E-state index in [1.54, 1.807) is 36.4 Å². The lowest BCUT2D eigenvalue weighted by molar-refractivity contribution is 0.0697. The molecule has 0 radical (unpaired) electrons. The Morgan fingerprint density at radius 2 is 1.94 bits per heavy atom. The summed E-state index contributed by atoms with van der Waals surface area (Å²) in [6.45, 7) is 4.25. The largest absolute Gasteiger partial charge is 0.488 e. The molecule has 7 nitrogen and oxygen atoms in total. The third kappa shape index (κ3) is 5.66.